The monoisotopic (exact) mass is 569 g/mol. The van der Waals surface area contributed by atoms with Crippen LogP contribution in [0.25, 0.3) is 0 Å². The van der Waals surface area contributed by atoms with E-state index in [-0.39, 0.29) is 25.9 Å². The molecule has 17 heteroatoms. The minimum absolute atomic E-state index is 0.0201. The first-order valence-electron chi connectivity index (χ1n) is 12.9. The van der Waals surface area contributed by atoms with Crippen molar-refractivity contribution in [3.05, 3.63) is 0 Å². The summed E-state index contributed by atoms with van der Waals surface area (Å²) in [5, 5.41) is 77.3. The maximum atomic E-state index is 12.4. The van der Waals surface area contributed by atoms with Crippen molar-refractivity contribution in [2.45, 2.75) is 105 Å². The van der Waals surface area contributed by atoms with E-state index in [4.69, 9.17) is 36.1 Å². The number of nitrogens with two attached hydrogens (primary N) is 3. The maximum Gasteiger partial charge on any atom is 0.249 e. The molecule has 0 spiro atoms. The third kappa shape index (κ3) is 7.21. The van der Waals surface area contributed by atoms with E-state index in [0.717, 1.165) is 0 Å². The van der Waals surface area contributed by atoms with Crippen LogP contribution in [0.4, 0.5) is 0 Å². The van der Waals surface area contributed by atoms with Crippen LogP contribution in [0.1, 0.15) is 12.8 Å². The number of nitrogens with one attached hydrogen (secondary N) is 2. The lowest BCUT2D eigenvalue weighted by atomic mass is 9.83. The molecule has 3 fully saturated rings. The number of hydrogen-bond donors (Lipinski definition) is 12. The largest absolute Gasteiger partial charge is 0.394 e. The number of carbonyl (C=O) groups excluding carboxylic acids is 1. The molecule has 0 aromatic heterocycles. The smallest absolute Gasteiger partial charge is 0.249 e. The molecule has 3 aliphatic rings. The minimum atomic E-state index is -1.61. The molecule has 15 atom stereocenters. The summed E-state index contributed by atoms with van der Waals surface area (Å²) >= 11 is 0. The highest BCUT2D eigenvalue weighted by molar-refractivity contribution is 5.80. The van der Waals surface area contributed by atoms with Gasteiger partial charge in [-0.15, -0.1) is 0 Å². The van der Waals surface area contributed by atoms with Gasteiger partial charge in [-0.3, -0.25) is 4.79 Å². The van der Waals surface area contributed by atoms with E-state index in [2.05, 4.69) is 10.6 Å². The molecule has 228 valence electrons. The van der Waals surface area contributed by atoms with E-state index < -0.39 is 104 Å². The normalized spacial score (nSPS) is 45.7. The molecule has 1 aliphatic carbocycles. The highest BCUT2D eigenvalue weighted by Crippen LogP contribution is 2.32. The Morgan fingerprint density at radius 2 is 1.56 bits per heavy atom. The van der Waals surface area contributed by atoms with E-state index >= 15 is 0 Å². The molecule has 0 bridgehead atoms. The van der Waals surface area contributed by atoms with Gasteiger partial charge in [-0.2, -0.15) is 0 Å². The molecule has 0 radical (unpaired) electrons. The zero-order valence-corrected chi connectivity index (χ0v) is 21.6. The van der Waals surface area contributed by atoms with Crippen LogP contribution in [0.15, 0.2) is 0 Å². The molecule has 0 aromatic rings. The fourth-order valence-corrected chi connectivity index (χ4v) is 5.01. The second kappa shape index (κ2) is 14.2. The lowest BCUT2D eigenvalue weighted by Gasteiger charge is -2.48. The van der Waals surface area contributed by atoms with Gasteiger partial charge in [-0.05, 0) is 26.4 Å². The van der Waals surface area contributed by atoms with Crippen LogP contribution in [0.5, 0.6) is 0 Å². The van der Waals surface area contributed by atoms with Crippen LogP contribution < -0.4 is 27.8 Å². The van der Waals surface area contributed by atoms with Crippen LogP contribution in [-0.2, 0) is 23.7 Å². The Labute approximate surface area is 225 Å². The summed E-state index contributed by atoms with van der Waals surface area (Å²) in [4.78, 5) is 12.4. The maximum absolute atomic E-state index is 12.4. The summed E-state index contributed by atoms with van der Waals surface area (Å²) in [5.41, 5.74) is 17.8. The fraction of sp³-hybridized carbons (Fsp3) is 0.955. The quantitative estimate of drug-likeness (QED) is 0.110. The van der Waals surface area contributed by atoms with Crippen molar-refractivity contribution in [2.75, 3.05) is 26.7 Å². The molecule has 17 nitrogen and oxygen atoms in total. The van der Waals surface area contributed by atoms with Crippen molar-refractivity contribution in [3.8, 4) is 0 Å². The molecule has 15 unspecified atom stereocenters. The molecule has 1 amide bonds. The van der Waals surface area contributed by atoms with E-state index in [9.17, 15) is 40.5 Å². The van der Waals surface area contributed by atoms with Crippen molar-refractivity contribution < 1.29 is 59.5 Å². The van der Waals surface area contributed by atoms with Gasteiger partial charge in [0, 0.05) is 12.6 Å². The lowest BCUT2D eigenvalue weighted by Crippen LogP contribution is -2.69. The molecule has 15 N–H and O–H groups in total. The average molecular weight is 570 g/mol. The number of amides is 1. The van der Waals surface area contributed by atoms with Crippen LogP contribution >= 0.6 is 0 Å². The number of hydrogen-bond acceptors (Lipinski definition) is 16. The molecule has 1 saturated carbocycles. The Morgan fingerprint density at radius 1 is 0.949 bits per heavy atom. The molecule has 2 aliphatic heterocycles. The van der Waals surface area contributed by atoms with Gasteiger partial charge < -0.3 is 82.5 Å². The summed E-state index contributed by atoms with van der Waals surface area (Å²) < 4.78 is 23.0. The van der Waals surface area contributed by atoms with Gasteiger partial charge in [-0.1, -0.05) is 0 Å². The SMILES string of the molecule is CNCC1OC(OC2C(N)CC(NC(=O)C(O)CCN)C(O)C2OC2OC(CO)C(O)C2O)C(N)C(O)C1O. The van der Waals surface area contributed by atoms with E-state index in [0.29, 0.717) is 0 Å². The Bertz CT molecular complexity index is 788. The zero-order chi connectivity index (χ0) is 29.0. The van der Waals surface area contributed by atoms with Gasteiger partial charge in [0.15, 0.2) is 12.6 Å². The van der Waals surface area contributed by atoms with E-state index in [1.807, 2.05) is 0 Å². The Balaban J connectivity index is 1.84. The van der Waals surface area contributed by atoms with Gasteiger partial charge in [0.25, 0.3) is 0 Å². The highest BCUT2D eigenvalue weighted by Gasteiger charge is 2.53. The van der Waals surface area contributed by atoms with Gasteiger partial charge >= 0.3 is 0 Å². The van der Waals surface area contributed by atoms with Gasteiger partial charge in [0.2, 0.25) is 5.91 Å². The predicted octanol–water partition coefficient (Wildman–Crippen LogP) is -7.52. The summed E-state index contributed by atoms with van der Waals surface area (Å²) in [6.45, 7) is -0.433. The number of likely N-dealkylation sites (N-methyl/N-ethyl adjacent to an activating group) is 1. The predicted molar refractivity (Wildman–Crippen MR) is 130 cm³/mol. The molecule has 39 heavy (non-hydrogen) atoms. The second-order valence-corrected chi connectivity index (χ2v) is 10.2. The first kappa shape index (κ1) is 32.4. The molecule has 3 rings (SSSR count). The van der Waals surface area contributed by atoms with Crippen molar-refractivity contribution in [3.63, 3.8) is 0 Å². The number of ether oxygens (including phenoxy) is 4. The lowest BCUT2D eigenvalue weighted by molar-refractivity contribution is -0.307. The summed E-state index contributed by atoms with van der Waals surface area (Å²) in [6.07, 6.45) is -16.5. The Hall–Kier alpha value is -1.13. The summed E-state index contributed by atoms with van der Waals surface area (Å²) in [6, 6.07) is -3.24. The van der Waals surface area contributed by atoms with Gasteiger partial charge in [0.1, 0.15) is 61.0 Å². The number of aliphatic hydroxyl groups is 7. The molecular weight excluding hydrogens is 526 g/mol. The van der Waals surface area contributed by atoms with E-state index in [1.54, 1.807) is 7.05 Å². The topological polar surface area (TPSA) is 298 Å². The molecule has 2 heterocycles. The standard InChI is InChI=1S/C22H43N5O12/c1-26-5-10-14(31)16(33)12(25)21(36-10)38-18-7(24)4-8(27-20(35)9(29)2-3-23)13(30)19(18)39-22-17(34)15(32)11(6-28)37-22/h7-19,21-22,26,28-34H,2-6,23-25H2,1H3,(H,27,35). The fourth-order valence-electron chi connectivity index (χ4n) is 5.01. The van der Waals surface area contributed by atoms with Crippen molar-refractivity contribution >= 4 is 5.91 Å². The minimum Gasteiger partial charge on any atom is -0.394 e. The van der Waals surface area contributed by atoms with Crippen molar-refractivity contribution in [1.29, 1.82) is 0 Å². The van der Waals surface area contributed by atoms with Crippen molar-refractivity contribution in [1.82, 2.24) is 10.6 Å². The zero-order valence-electron chi connectivity index (χ0n) is 21.6. The molecule has 0 aromatic carbocycles. The third-order valence-corrected chi connectivity index (χ3v) is 7.33. The van der Waals surface area contributed by atoms with Crippen molar-refractivity contribution in [2.24, 2.45) is 17.2 Å². The van der Waals surface area contributed by atoms with Crippen LogP contribution in [0, 0.1) is 0 Å². The third-order valence-electron chi connectivity index (χ3n) is 7.33. The van der Waals surface area contributed by atoms with Gasteiger partial charge in [0.05, 0.1) is 18.7 Å². The van der Waals surface area contributed by atoms with Gasteiger partial charge in [-0.25, -0.2) is 0 Å². The van der Waals surface area contributed by atoms with Crippen LogP contribution in [-0.4, -0.2) is 160 Å². The molecular formula is C22H43N5O12. The average Bonchev–Trinajstić information content (AvgIpc) is 3.18. The Kier molecular flexibility index (Phi) is 11.8. The summed E-state index contributed by atoms with van der Waals surface area (Å²) in [7, 11) is 1.62. The Morgan fingerprint density at radius 3 is 2.15 bits per heavy atom. The van der Waals surface area contributed by atoms with Crippen LogP contribution in [0.3, 0.4) is 0 Å². The first-order chi connectivity index (χ1) is 18.4. The van der Waals surface area contributed by atoms with E-state index in [1.165, 1.54) is 0 Å². The molecule has 2 saturated heterocycles. The number of carbonyl (C=O) groups is 1. The number of aliphatic hydroxyl groups excluding tert-OH is 7. The first-order valence-corrected chi connectivity index (χ1v) is 12.9. The van der Waals surface area contributed by atoms with Crippen LogP contribution in [0.2, 0.25) is 0 Å². The number of rotatable bonds is 11. The summed E-state index contributed by atoms with van der Waals surface area (Å²) in [5.74, 6) is -0.799. The highest BCUT2D eigenvalue weighted by atomic mass is 16.7. The second-order valence-electron chi connectivity index (χ2n) is 10.2.